The molecule has 8 heteroatoms. The Morgan fingerprint density at radius 2 is 2.17 bits per heavy atom. The first-order chi connectivity index (χ1) is 11.1. The van der Waals surface area contributed by atoms with Crippen molar-refractivity contribution in [3.63, 3.8) is 0 Å². The van der Waals surface area contributed by atoms with Gasteiger partial charge in [0, 0.05) is 18.1 Å². The number of hydrogen-bond acceptors (Lipinski definition) is 6. The third kappa shape index (κ3) is 3.54. The monoisotopic (exact) mass is 313 g/mol. The molecule has 116 valence electrons. The number of rotatable bonds is 4. The number of hydrogen-bond donors (Lipinski definition) is 1. The molecule has 0 spiro atoms. The first-order valence-electron chi connectivity index (χ1n) is 6.76. The summed E-state index contributed by atoms with van der Waals surface area (Å²) in [6.45, 7) is 1.71. The maximum absolute atomic E-state index is 13.0. The number of amides is 1. The summed E-state index contributed by atoms with van der Waals surface area (Å²) < 4.78 is 18.4. The number of carbonyl (C=O) groups is 1. The van der Waals surface area contributed by atoms with E-state index in [1.807, 2.05) is 0 Å². The molecule has 3 rings (SSSR count). The van der Waals surface area contributed by atoms with Crippen LogP contribution in [0.25, 0.3) is 11.6 Å². The topological polar surface area (TPSA) is 93.8 Å². The molecule has 0 fully saturated rings. The Kier molecular flexibility index (Phi) is 4.05. The molecule has 3 aromatic rings. The predicted molar refractivity (Wildman–Crippen MR) is 78.8 cm³/mol. The Morgan fingerprint density at radius 1 is 1.30 bits per heavy atom. The molecule has 1 amide bonds. The molecule has 0 radical (unpaired) electrons. The van der Waals surface area contributed by atoms with Gasteiger partial charge in [-0.15, -0.1) is 10.2 Å². The third-order valence-electron chi connectivity index (χ3n) is 3.02. The number of benzene rings is 1. The van der Waals surface area contributed by atoms with Crippen molar-refractivity contribution in [2.75, 3.05) is 5.32 Å². The van der Waals surface area contributed by atoms with Gasteiger partial charge in [-0.2, -0.15) is 0 Å². The maximum atomic E-state index is 13.0. The number of nitrogens with one attached hydrogen (secondary N) is 1. The first-order valence-corrected chi connectivity index (χ1v) is 6.76. The van der Waals surface area contributed by atoms with Crippen molar-refractivity contribution in [1.82, 2.24) is 20.2 Å². The van der Waals surface area contributed by atoms with E-state index in [0.717, 1.165) is 0 Å². The average Bonchev–Trinajstić information content (AvgIpc) is 2.99. The third-order valence-corrected chi connectivity index (χ3v) is 3.02. The molecular weight excluding hydrogens is 301 g/mol. The van der Waals surface area contributed by atoms with E-state index in [9.17, 15) is 9.18 Å². The number of aryl methyl sites for hydroxylation is 1. The fourth-order valence-corrected chi connectivity index (χ4v) is 1.94. The highest BCUT2D eigenvalue weighted by Gasteiger charge is 2.14. The van der Waals surface area contributed by atoms with E-state index in [2.05, 4.69) is 25.5 Å². The van der Waals surface area contributed by atoms with Crippen molar-refractivity contribution in [3.8, 4) is 11.6 Å². The van der Waals surface area contributed by atoms with E-state index < -0.39 is 0 Å². The Bertz CT molecular complexity index is 835. The first kappa shape index (κ1) is 14.8. The van der Waals surface area contributed by atoms with Crippen LogP contribution in [-0.4, -0.2) is 26.1 Å². The van der Waals surface area contributed by atoms with Gasteiger partial charge in [-0.05, 0) is 30.7 Å². The minimum absolute atomic E-state index is 0.0932. The van der Waals surface area contributed by atoms with Gasteiger partial charge >= 0.3 is 0 Å². The molecule has 0 saturated heterocycles. The molecular formula is C15H12FN5O2. The van der Waals surface area contributed by atoms with Crippen LogP contribution in [0.15, 0.2) is 41.2 Å². The van der Waals surface area contributed by atoms with E-state index in [0.29, 0.717) is 16.9 Å². The summed E-state index contributed by atoms with van der Waals surface area (Å²) in [4.78, 5) is 19.9. The van der Waals surface area contributed by atoms with Crippen molar-refractivity contribution in [1.29, 1.82) is 0 Å². The highest BCUT2D eigenvalue weighted by molar-refractivity contribution is 5.92. The van der Waals surface area contributed by atoms with Gasteiger partial charge in [0.25, 0.3) is 5.89 Å². The lowest BCUT2D eigenvalue weighted by atomic mass is 10.2. The van der Waals surface area contributed by atoms with Gasteiger partial charge in [-0.25, -0.2) is 9.37 Å². The van der Waals surface area contributed by atoms with E-state index in [-0.39, 0.29) is 29.9 Å². The van der Waals surface area contributed by atoms with Gasteiger partial charge in [0.1, 0.15) is 17.9 Å². The van der Waals surface area contributed by atoms with Gasteiger partial charge in [0.2, 0.25) is 11.8 Å². The van der Waals surface area contributed by atoms with E-state index >= 15 is 0 Å². The summed E-state index contributed by atoms with van der Waals surface area (Å²) in [5, 5.41) is 10.3. The van der Waals surface area contributed by atoms with E-state index in [4.69, 9.17) is 4.42 Å². The van der Waals surface area contributed by atoms with Gasteiger partial charge in [0.05, 0.1) is 6.20 Å². The number of carbonyl (C=O) groups excluding carboxylic acids is 1. The van der Waals surface area contributed by atoms with Crippen LogP contribution in [0.5, 0.6) is 0 Å². The second kappa shape index (κ2) is 6.30. The molecule has 1 aromatic carbocycles. The Morgan fingerprint density at radius 3 is 2.91 bits per heavy atom. The highest BCUT2D eigenvalue weighted by Crippen LogP contribution is 2.17. The number of aromatic nitrogens is 4. The second-order valence-electron chi connectivity index (χ2n) is 4.78. The molecule has 0 atom stereocenters. The standard InChI is InChI=1S/C15H12FN5O2/c1-9-6-10(16)2-3-11(9)19-13(22)7-14-20-21-15(23-14)12-8-17-4-5-18-12/h2-6,8H,7H2,1H3,(H,19,22). The predicted octanol–water partition coefficient (Wildman–Crippen LogP) is 2.16. The summed E-state index contributed by atoms with van der Waals surface area (Å²) in [5.41, 5.74) is 1.59. The fourth-order valence-electron chi connectivity index (χ4n) is 1.94. The summed E-state index contributed by atoms with van der Waals surface area (Å²) in [6.07, 6.45) is 4.42. The molecule has 0 bridgehead atoms. The van der Waals surface area contributed by atoms with Crippen LogP contribution < -0.4 is 5.32 Å². The van der Waals surface area contributed by atoms with Crippen molar-refractivity contribution in [2.45, 2.75) is 13.3 Å². The van der Waals surface area contributed by atoms with E-state index in [1.54, 1.807) is 6.92 Å². The molecule has 7 nitrogen and oxygen atoms in total. The average molecular weight is 313 g/mol. The lowest BCUT2D eigenvalue weighted by Gasteiger charge is -2.06. The lowest BCUT2D eigenvalue weighted by Crippen LogP contribution is -2.15. The largest absolute Gasteiger partial charge is 0.419 e. The van der Waals surface area contributed by atoms with Gasteiger partial charge < -0.3 is 9.73 Å². The van der Waals surface area contributed by atoms with Crippen LogP contribution in [0, 0.1) is 12.7 Å². The molecule has 23 heavy (non-hydrogen) atoms. The molecule has 0 aliphatic carbocycles. The number of anilines is 1. The van der Waals surface area contributed by atoms with Crippen molar-refractivity contribution >= 4 is 11.6 Å². The second-order valence-corrected chi connectivity index (χ2v) is 4.78. The van der Waals surface area contributed by atoms with Crippen molar-refractivity contribution < 1.29 is 13.6 Å². The normalized spacial score (nSPS) is 10.5. The molecule has 2 aromatic heterocycles. The zero-order valence-corrected chi connectivity index (χ0v) is 12.2. The Balaban J connectivity index is 1.68. The molecule has 0 aliphatic heterocycles. The van der Waals surface area contributed by atoms with Gasteiger partial charge in [0.15, 0.2) is 0 Å². The minimum Gasteiger partial charge on any atom is -0.419 e. The van der Waals surface area contributed by atoms with Crippen LogP contribution in [0.3, 0.4) is 0 Å². The zero-order valence-electron chi connectivity index (χ0n) is 12.2. The van der Waals surface area contributed by atoms with Crippen molar-refractivity contribution in [3.05, 3.63) is 54.1 Å². The van der Waals surface area contributed by atoms with Gasteiger partial charge in [-0.3, -0.25) is 9.78 Å². The van der Waals surface area contributed by atoms with Crippen LogP contribution in [0.4, 0.5) is 10.1 Å². The number of nitrogens with zero attached hydrogens (tertiary/aromatic N) is 4. The van der Waals surface area contributed by atoms with Crippen LogP contribution in [0.1, 0.15) is 11.5 Å². The molecule has 1 N–H and O–H groups in total. The Labute approximate surface area is 130 Å². The molecule has 0 aliphatic rings. The number of halogens is 1. The summed E-state index contributed by atoms with van der Waals surface area (Å²) >= 11 is 0. The van der Waals surface area contributed by atoms with Crippen molar-refractivity contribution in [2.24, 2.45) is 0 Å². The molecule has 2 heterocycles. The molecule has 0 saturated carbocycles. The summed E-state index contributed by atoms with van der Waals surface area (Å²) in [7, 11) is 0. The Hall–Kier alpha value is -3.16. The highest BCUT2D eigenvalue weighted by atomic mass is 19.1. The zero-order chi connectivity index (χ0) is 16.2. The van der Waals surface area contributed by atoms with Gasteiger partial charge in [-0.1, -0.05) is 0 Å². The summed E-state index contributed by atoms with van der Waals surface area (Å²) in [5.74, 6) is -0.346. The molecule has 0 unspecified atom stereocenters. The maximum Gasteiger partial charge on any atom is 0.267 e. The summed E-state index contributed by atoms with van der Waals surface area (Å²) in [6, 6.07) is 4.12. The minimum atomic E-state index is -0.356. The van der Waals surface area contributed by atoms with Crippen LogP contribution >= 0.6 is 0 Å². The fraction of sp³-hybridized carbons (Fsp3) is 0.133. The smallest absolute Gasteiger partial charge is 0.267 e. The lowest BCUT2D eigenvalue weighted by molar-refractivity contribution is -0.115. The van der Waals surface area contributed by atoms with E-state index in [1.165, 1.54) is 36.8 Å². The SMILES string of the molecule is Cc1cc(F)ccc1NC(=O)Cc1nnc(-c2cnccn2)o1. The van der Waals surface area contributed by atoms with Crippen LogP contribution in [0.2, 0.25) is 0 Å². The quantitative estimate of drug-likeness (QED) is 0.793. The van der Waals surface area contributed by atoms with Crippen LogP contribution in [-0.2, 0) is 11.2 Å².